The van der Waals surface area contributed by atoms with Crippen LogP contribution in [0.1, 0.15) is 35.9 Å². The monoisotopic (exact) mass is 352 g/mol. The minimum atomic E-state index is 0. The van der Waals surface area contributed by atoms with Crippen LogP contribution in [-0.4, -0.2) is 29.5 Å². The number of aromatic amines is 1. The molecule has 1 fully saturated rings. The summed E-state index contributed by atoms with van der Waals surface area (Å²) in [5, 5.41) is 0. The smallest absolute Gasteiger partial charge is 0.251 e. The van der Waals surface area contributed by atoms with Crippen LogP contribution in [0.25, 0.3) is 10.4 Å². The van der Waals surface area contributed by atoms with E-state index >= 15 is 0 Å². The Hall–Kier alpha value is -1.10. The van der Waals surface area contributed by atoms with Crippen LogP contribution in [-0.2, 0) is 12.8 Å². The Bertz CT molecular complexity index is 701. The van der Waals surface area contributed by atoms with E-state index < -0.39 is 0 Å². The molecule has 5 heteroatoms. The van der Waals surface area contributed by atoms with Gasteiger partial charge in [-0.1, -0.05) is 6.92 Å². The summed E-state index contributed by atoms with van der Waals surface area (Å²) in [4.78, 5) is 20.1. The van der Waals surface area contributed by atoms with Crippen molar-refractivity contribution in [1.82, 2.24) is 9.88 Å². The van der Waals surface area contributed by atoms with Crippen molar-refractivity contribution in [2.24, 2.45) is 0 Å². The summed E-state index contributed by atoms with van der Waals surface area (Å²) in [5.41, 5.74) is 3.06. The van der Waals surface area contributed by atoms with Crippen LogP contribution in [0, 0.1) is 6.92 Å². The molecule has 2 aromatic heterocycles. The number of aromatic nitrogens is 1. The molecule has 0 saturated carbocycles. The Labute approximate surface area is 148 Å². The second kappa shape index (κ2) is 8.13. The van der Waals surface area contributed by atoms with E-state index in [1.807, 2.05) is 25.2 Å². The third kappa shape index (κ3) is 4.25. The van der Waals surface area contributed by atoms with Gasteiger partial charge in [0.15, 0.2) is 0 Å². The van der Waals surface area contributed by atoms with E-state index in [4.69, 9.17) is 0 Å². The number of hydrogen-bond donors (Lipinski definition) is 1. The molecule has 1 aliphatic heterocycles. The van der Waals surface area contributed by atoms with Crippen LogP contribution < -0.4 is 5.56 Å². The zero-order chi connectivity index (χ0) is 15.5. The lowest BCUT2D eigenvalue weighted by Gasteiger charge is -2.13. The SMILES string of the molecule is CCc1cc(-c2ccc(CCN3CCCC3)s2)c(C)[nH]c1=O.Cl. The van der Waals surface area contributed by atoms with Crippen LogP contribution in [0.2, 0.25) is 0 Å². The number of pyridine rings is 1. The lowest BCUT2D eigenvalue weighted by Crippen LogP contribution is -2.21. The first-order valence-corrected chi connectivity index (χ1v) is 9.03. The number of hydrogen-bond acceptors (Lipinski definition) is 3. The van der Waals surface area contributed by atoms with Gasteiger partial charge in [0.25, 0.3) is 5.56 Å². The maximum Gasteiger partial charge on any atom is 0.251 e. The van der Waals surface area contributed by atoms with E-state index in [1.54, 1.807) is 0 Å². The number of H-pyrrole nitrogens is 1. The van der Waals surface area contributed by atoms with Gasteiger partial charge in [-0.3, -0.25) is 4.79 Å². The van der Waals surface area contributed by atoms with Gasteiger partial charge in [-0.2, -0.15) is 0 Å². The Morgan fingerprint density at radius 3 is 2.70 bits per heavy atom. The van der Waals surface area contributed by atoms with Gasteiger partial charge >= 0.3 is 0 Å². The Morgan fingerprint density at radius 2 is 2.00 bits per heavy atom. The standard InChI is InChI=1S/C18H24N2OS.ClH/c1-3-14-12-16(13(2)19-18(14)21)17-7-6-15(22-17)8-11-20-9-4-5-10-20;/h6-7,12H,3-5,8-11H2,1-2H3,(H,19,21);1H. The van der Waals surface area contributed by atoms with Gasteiger partial charge < -0.3 is 9.88 Å². The molecule has 1 saturated heterocycles. The summed E-state index contributed by atoms with van der Waals surface area (Å²) in [6.07, 6.45) is 4.61. The second-order valence-corrected chi connectivity index (χ2v) is 7.25. The van der Waals surface area contributed by atoms with E-state index in [2.05, 4.69) is 28.1 Å². The third-order valence-corrected chi connectivity index (χ3v) is 5.67. The Balaban J connectivity index is 0.00000192. The third-order valence-electron chi connectivity index (χ3n) is 4.50. The highest BCUT2D eigenvalue weighted by atomic mass is 35.5. The minimum Gasteiger partial charge on any atom is -0.326 e. The van der Waals surface area contributed by atoms with Gasteiger partial charge in [-0.15, -0.1) is 23.7 Å². The molecule has 23 heavy (non-hydrogen) atoms. The van der Waals surface area contributed by atoms with Crippen molar-refractivity contribution in [2.75, 3.05) is 19.6 Å². The molecular formula is C18H25ClN2OS. The number of halogens is 1. The molecule has 0 radical (unpaired) electrons. The first kappa shape index (κ1) is 18.2. The lowest BCUT2D eigenvalue weighted by molar-refractivity contribution is 0.344. The first-order valence-electron chi connectivity index (χ1n) is 8.21. The minimum absolute atomic E-state index is 0. The van der Waals surface area contributed by atoms with Gasteiger partial charge in [-0.25, -0.2) is 0 Å². The van der Waals surface area contributed by atoms with Crippen molar-refractivity contribution in [1.29, 1.82) is 0 Å². The summed E-state index contributed by atoms with van der Waals surface area (Å²) < 4.78 is 0. The molecule has 0 aliphatic carbocycles. The molecule has 0 aromatic carbocycles. The average Bonchev–Trinajstić information content (AvgIpc) is 3.17. The number of nitrogens with one attached hydrogen (secondary N) is 1. The molecule has 0 atom stereocenters. The zero-order valence-corrected chi connectivity index (χ0v) is 15.5. The van der Waals surface area contributed by atoms with Crippen LogP contribution in [0.15, 0.2) is 23.0 Å². The van der Waals surface area contributed by atoms with Crippen molar-refractivity contribution in [3.63, 3.8) is 0 Å². The van der Waals surface area contributed by atoms with E-state index in [1.165, 1.54) is 47.8 Å². The Morgan fingerprint density at radius 1 is 1.26 bits per heavy atom. The van der Waals surface area contributed by atoms with Crippen LogP contribution in [0.4, 0.5) is 0 Å². The summed E-state index contributed by atoms with van der Waals surface area (Å²) in [5.74, 6) is 0. The van der Waals surface area contributed by atoms with Crippen LogP contribution in [0.5, 0.6) is 0 Å². The van der Waals surface area contributed by atoms with Gasteiger partial charge in [0.2, 0.25) is 0 Å². The summed E-state index contributed by atoms with van der Waals surface area (Å²) >= 11 is 1.86. The van der Waals surface area contributed by atoms with Crippen molar-refractivity contribution in [3.05, 3.63) is 44.7 Å². The van der Waals surface area contributed by atoms with E-state index in [9.17, 15) is 4.79 Å². The fourth-order valence-corrected chi connectivity index (χ4v) is 4.19. The topological polar surface area (TPSA) is 36.1 Å². The largest absolute Gasteiger partial charge is 0.326 e. The van der Waals surface area contributed by atoms with Gasteiger partial charge in [0.05, 0.1) is 0 Å². The molecule has 3 heterocycles. The first-order chi connectivity index (χ1) is 10.7. The molecule has 3 rings (SSSR count). The average molecular weight is 353 g/mol. The molecule has 3 nitrogen and oxygen atoms in total. The summed E-state index contributed by atoms with van der Waals surface area (Å²) in [7, 11) is 0. The normalized spacial score (nSPS) is 14.9. The molecule has 126 valence electrons. The maximum absolute atomic E-state index is 11.9. The number of rotatable bonds is 5. The number of thiophene rings is 1. The molecule has 0 spiro atoms. The molecule has 0 bridgehead atoms. The summed E-state index contributed by atoms with van der Waals surface area (Å²) in [6.45, 7) is 7.71. The highest BCUT2D eigenvalue weighted by Crippen LogP contribution is 2.30. The number of aryl methyl sites for hydroxylation is 2. The fourth-order valence-electron chi connectivity index (χ4n) is 3.12. The second-order valence-electron chi connectivity index (χ2n) is 6.08. The highest BCUT2D eigenvalue weighted by Gasteiger charge is 2.13. The lowest BCUT2D eigenvalue weighted by atomic mass is 10.1. The summed E-state index contributed by atoms with van der Waals surface area (Å²) in [6, 6.07) is 6.50. The zero-order valence-electron chi connectivity index (χ0n) is 13.9. The van der Waals surface area contributed by atoms with Crippen molar-refractivity contribution >= 4 is 23.7 Å². The molecule has 1 N–H and O–H groups in total. The van der Waals surface area contributed by atoms with E-state index in [0.29, 0.717) is 0 Å². The van der Waals surface area contributed by atoms with Gasteiger partial charge in [0, 0.05) is 33.1 Å². The molecule has 1 aliphatic rings. The quantitative estimate of drug-likeness (QED) is 0.881. The predicted molar refractivity (Wildman–Crippen MR) is 101 cm³/mol. The molecule has 0 unspecified atom stereocenters. The Kier molecular flexibility index (Phi) is 6.45. The molecular weight excluding hydrogens is 328 g/mol. The van der Waals surface area contributed by atoms with Crippen LogP contribution >= 0.6 is 23.7 Å². The van der Waals surface area contributed by atoms with E-state index in [0.717, 1.165) is 24.1 Å². The van der Waals surface area contributed by atoms with Crippen molar-refractivity contribution < 1.29 is 0 Å². The van der Waals surface area contributed by atoms with E-state index in [-0.39, 0.29) is 18.0 Å². The number of nitrogens with zero attached hydrogens (tertiary/aromatic N) is 1. The predicted octanol–water partition coefficient (Wildman–Crippen LogP) is 4.03. The molecule has 0 amide bonds. The molecule has 2 aromatic rings. The fraction of sp³-hybridized carbons (Fsp3) is 0.500. The maximum atomic E-state index is 11.9. The van der Waals surface area contributed by atoms with Crippen molar-refractivity contribution in [2.45, 2.75) is 39.5 Å². The number of likely N-dealkylation sites (tertiary alicyclic amines) is 1. The van der Waals surface area contributed by atoms with Gasteiger partial charge in [-0.05, 0) is 63.9 Å². The highest BCUT2D eigenvalue weighted by molar-refractivity contribution is 7.15. The van der Waals surface area contributed by atoms with Gasteiger partial charge in [0.1, 0.15) is 0 Å². The van der Waals surface area contributed by atoms with Crippen LogP contribution in [0.3, 0.4) is 0 Å². The van der Waals surface area contributed by atoms with Crippen molar-refractivity contribution in [3.8, 4) is 10.4 Å².